The smallest absolute Gasteiger partial charge is 0.0685 e. The first kappa shape index (κ1) is 16.1. The predicted octanol–water partition coefficient (Wildman–Crippen LogP) is 4.02. The highest BCUT2D eigenvalue weighted by Gasteiger charge is 2.12. The molecular weight excluding hydrogens is 308 g/mol. The van der Waals surface area contributed by atoms with Crippen LogP contribution >= 0.6 is 11.6 Å². The van der Waals surface area contributed by atoms with Crippen molar-refractivity contribution >= 4 is 17.8 Å². The standard InChI is InChI=1S/C18H23ClN4/c1-14-17(12-20-22-10-6-3-7-11-22)15(2)23(21-14)13-16-8-4-5-9-18(16)19/h4-5,8-9,12H,3,6-7,10-11,13H2,1-2H3. The first-order valence-corrected chi connectivity index (χ1v) is 8.59. The van der Waals surface area contributed by atoms with Gasteiger partial charge in [0.1, 0.15) is 0 Å². The molecule has 2 aromatic rings. The van der Waals surface area contributed by atoms with Gasteiger partial charge in [0.2, 0.25) is 0 Å². The molecule has 0 aliphatic carbocycles. The summed E-state index contributed by atoms with van der Waals surface area (Å²) in [7, 11) is 0. The summed E-state index contributed by atoms with van der Waals surface area (Å²) < 4.78 is 2.01. The molecular formula is C18H23ClN4. The number of hydrogen-bond acceptors (Lipinski definition) is 3. The number of aromatic nitrogens is 2. The fraction of sp³-hybridized carbons (Fsp3) is 0.444. The normalized spacial score (nSPS) is 15.5. The lowest BCUT2D eigenvalue weighted by Crippen LogP contribution is -2.24. The lowest BCUT2D eigenvalue weighted by molar-refractivity contribution is 0.240. The average Bonchev–Trinajstić information content (AvgIpc) is 2.82. The Morgan fingerprint density at radius 3 is 2.65 bits per heavy atom. The summed E-state index contributed by atoms with van der Waals surface area (Å²) in [5.74, 6) is 0. The zero-order valence-corrected chi connectivity index (χ0v) is 14.6. The van der Waals surface area contributed by atoms with Crippen LogP contribution in [0.5, 0.6) is 0 Å². The van der Waals surface area contributed by atoms with E-state index in [0.29, 0.717) is 6.54 Å². The van der Waals surface area contributed by atoms with Crippen LogP contribution in [0.2, 0.25) is 5.02 Å². The van der Waals surface area contributed by atoms with E-state index in [2.05, 4.69) is 22.1 Å². The lowest BCUT2D eigenvalue weighted by atomic mass is 10.2. The van der Waals surface area contributed by atoms with Crippen molar-refractivity contribution in [2.75, 3.05) is 13.1 Å². The molecule has 1 aromatic carbocycles. The van der Waals surface area contributed by atoms with Gasteiger partial charge in [-0.25, -0.2) is 0 Å². The summed E-state index contributed by atoms with van der Waals surface area (Å²) in [6, 6.07) is 7.91. The van der Waals surface area contributed by atoms with Crippen LogP contribution in [0.15, 0.2) is 29.4 Å². The third kappa shape index (κ3) is 3.75. The summed E-state index contributed by atoms with van der Waals surface area (Å²) in [5.41, 5.74) is 4.33. The number of aryl methyl sites for hydroxylation is 1. The molecule has 0 saturated carbocycles. The second kappa shape index (κ2) is 7.18. The van der Waals surface area contributed by atoms with Crippen LogP contribution in [0.4, 0.5) is 0 Å². The zero-order chi connectivity index (χ0) is 16.2. The van der Waals surface area contributed by atoms with Crippen molar-refractivity contribution in [3.05, 3.63) is 51.8 Å². The minimum Gasteiger partial charge on any atom is -0.297 e. The van der Waals surface area contributed by atoms with Crippen molar-refractivity contribution in [1.29, 1.82) is 0 Å². The molecule has 5 heteroatoms. The Morgan fingerprint density at radius 1 is 1.17 bits per heavy atom. The first-order valence-electron chi connectivity index (χ1n) is 8.21. The van der Waals surface area contributed by atoms with Crippen molar-refractivity contribution < 1.29 is 0 Å². The van der Waals surface area contributed by atoms with Crippen molar-refractivity contribution in [2.45, 2.75) is 39.7 Å². The summed E-state index contributed by atoms with van der Waals surface area (Å²) in [4.78, 5) is 0. The maximum Gasteiger partial charge on any atom is 0.0685 e. The largest absolute Gasteiger partial charge is 0.297 e. The number of hydrogen-bond donors (Lipinski definition) is 0. The summed E-state index contributed by atoms with van der Waals surface area (Å²) >= 11 is 6.26. The minimum absolute atomic E-state index is 0.684. The Bertz CT molecular complexity index is 699. The third-order valence-electron chi connectivity index (χ3n) is 4.40. The molecule has 0 atom stereocenters. The maximum absolute atomic E-state index is 6.26. The van der Waals surface area contributed by atoms with Crippen LogP contribution < -0.4 is 0 Å². The van der Waals surface area contributed by atoms with Crippen LogP contribution in [0, 0.1) is 13.8 Å². The number of nitrogens with zero attached hydrogens (tertiary/aromatic N) is 4. The van der Waals surface area contributed by atoms with Gasteiger partial charge in [0, 0.05) is 29.4 Å². The molecule has 122 valence electrons. The van der Waals surface area contributed by atoms with Crippen LogP contribution in [-0.2, 0) is 6.54 Å². The van der Waals surface area contributed by atoms with E-state index in [1.807, 2.05) is 42.1 Å². The van der Waals surface area contributed by atoms with Gasteiger partial charge >= 0.3 is 0 Å². The van der Waals surface area contributed by atoms with Gasteiger partial charge in [-0.1, -0.05) is 29.8 Å². The topological polar surface area (TPSA) is 33.4 Å². The summed E-state index contributed by atoms with van der Waals surface area (Å²) in [6.07, 6.45) is 5.76. The molecule has 0 bridgehead atoms. The number of benzene rings is 1. The fourth-order valence-electron chi connectivity index (χ4n) is 2.97. The maximum atomic E-state index is 6.26. The molecule has 1 fully saturated rings. The Morgan fingerprint density at radius 2 is 1.91 bits per heavy atom. The number of halogens is 1. The predicted molar refractivity (Wildman–Crippen MR) is 95.3 cm³/mol. The van der Waals surface area contributed by atoms with E-state index in [9.17, 15) is 0 Å². The molecule has 0 unspecified atom stereocenters. The minimum atomic E-state index is 0.684. The van der Waals surface area contributed by atoms with E-state index in [-0.39, 0.29) is 0 Å². The quantitative estimate of drug-likeness (QED) is 0.793. The fourth-order valence-corrected chi connectivity index (χ4v) is 3.17. The SMILES string of the molecule is Cc1nn(Cc2ccccc2Cl)c(C)c1C=NN1CCCCC1. The number of hydrazone groups is 1. The molecule has 2 heterocycles. The Balaban J connectivity index is 1.79. The van der Waals surface area contributed by atoms with Gasteiger partial charge in [0.05, 0.1) is 18.5 Å². The lowest BCUT2D eigenvalue weighted by Gasteiger charge is -2.23. The molecule has 0 radical (unpaired) electrons. The van der Waals surface area contributed by atoms with Gasteiger partial charge < -0.3 is 0 Å². The van der Waals surface area contributed by atoms with Crippen molar-refractivity contribution in [3.8, 4) is 0 Å². The zero-order valence-electron chi connectivity index (χ0n) is 13.8. The third-order valence-corrected chi connectivity index (χ3v) is 4.77. The van der Waals surface area contributed by atoms with Gasteiger partial charge in [-0.2, -0.15) is 10.2 Å². The van der Waals surface area contributed by atoms with Gasteiger partial charge in [-0.3, -0.25) is 9.69 Å². The van der Waals surface area contributed by atoms with Gasteiger partial charge in [-0.05, 0) is 44.7 Å². The van der Waals surface area contributed by atoms with Crippen LogP contribution in [0.3, 0.4) is 0 Å². The molecule has 1 saturated heterocycles. The molecule has 23 heavy (non-hydrogen) atoms. The van der Waals surface area contributed by atoms with Crippen molar-refractivity contribution in [3.63, 3.8) is 0 Å². The Hall–Kier alpha value is -1.81. The van der Waals surface area contributed by atoms with E-state index in [4.69, 9.17) is 11.6 Å². The van der Waals surface area contributed by atoms with Crippen molar-refractivity contribution in [2.24, 2.45) is 5.10 Å². The first-order chi connectivity index (χ1) is 11.1. The van der Waals surface area contributed by atoms with Gasteiger partial charge in [0.25, 0.3) is 0 Å². The summed E-state index contributed by atoms with van der Waals surface area (Å²) in [6.45, 7) is 6.93. The summed E-state index contributed by atoms with van der Waals surface area (Å²) in [5, 5.41) is 12.2. The highest BCUT2D eigenvalue weighted by molar-refractivity contribution is 6.31. The molecule has 0 amide bonds. The van der Waals surface area contributed by atoms with Crippen LogP contribution in [0.25, 0.3) is 0 Å². The van der Waals surface area contributed by atoms with E-state index < -0.39 is 0 Å². The Kier molecular flexibility index (Phi) is 5.01. The van der Waals surface area contributed by atoms with E-state index in [1.54, 1.807) is 0 Å². The number of rotatable bonds is 4. The molecule has 1 aromatic heterocycles. The van der Waals surface area contributed by atoms with E-state index in [0.717, 1.165) is 40.6 Å². The molecule has 0 spiro atoms. The second-order valence-electron chi connectivity index (χ2n) is 6.09. The molecule has 4 nitrogen and oxygen atoms in total. The van der Waals surface area contributed by atoms with Crippen LogP contribution in [0.1, 0.15) is 41.8 Å². The van der Waals surface area contributed by atoms with E-state index >= 15 is 0 Å². The van der Waals surface area contributed by atoms with Crippen LogP contribution in [-0.4, -0.2) is 34.1 Å². The monoisotopic (exact) mass is 330 g/mol. The molecule has 3 rings (SSSR count). The average molecular weight is 331 g/mol. The molecule has 1 aliphatic heterocycles. The number of piperidine rings is 1. The van der Waals surface area contributed by atoms with Gasteiger partial charge in [-0.15, -0.1) is 0 Å². The molecule has 0 N–H and O–H groups in total. The highest BCUT2D eigenvalue weighted by atomic mass is 35.5. The molecule has 1 aliphatic rings. The van der Waals surface area contributed by atoms with Crippen molar-refractivity contribution in [1.82, 2.24) is 14.8 Å². The van der Waals surface area contributed by atoms with Gasteiger partial charge in [0.15, 0.2) is 0 Å². The van der Waals surface area contributed by atoms with E-state index in [1.165, 1.54) is 19.3 Å². The highest BCUT2D eigenvalue weighted by Crippen LogP contribution is 2.19. The Labute approximate surface area is 142 Å². The second-order valence-corrected chi connectivity index (χ2v) is 6.50.